The number of nitrogens with one attached hydrogen (secondary N) is 1. The first-order valence-corrected chi connectivity index (χ1v) is 8.58. The third-order valence-electron chi connectivity index (χ3n) is 3.50. The molecule has 0 fully saturated rings. The summed E-state index contributed by atoms with van der Waals surface area (Å²) in [5.41, 5.74) is 1.00. The third-order valence-corrected chi connectivity index (χ3v) is 5.15. The second kappa shape index (κ2) is 6.60. The molecule has 22 heavy (non-hydrogen) atoms. The van der Waals surface area contributed by atoms with Crippen LogP contribution in [0.1, 0.15) is 18.1 Å². The first kappa shape index (κ1) is 16.7. The van der Waals surface area contributed by atoms with Crippen molar-refractivity contribution >= 4 is 10.0 Å². The molecule has 0 saturated heterocycles. The Bertz CT molecular complexity index is 711. The molecule has 2 rings (SSSR count). The molecular formula is C17H21NO3S. The summed E-state index contributed by atoms with van der Waals surface area (Å²) in [7, 11) is -3.68. The second-order valence-corrected chi connectivity index (χ2v) is 7.48. The Kier molecular flexibility index (Phi) is 5.01. The maximum absolute atomic E-state index is 12.5. The lowest BCUT2D eigenvalue weighted by molar-refractivity contribution is 0.194. The summed E-state index contributed by atoms with van der Waals surface area (Å²) in [5.74, 6) is 0. The van der Waals surface area contributed by atoms with Crippen molar-refractivity contribution in [3.63, 3.8) is 0 Å². The summed E-state index contributed by atoms with van der Waals surface area (Å²) in [6, 6.07) is 16.1. The summed E-state index contributed by atoms with van der Waals surface area (Å²) in [5, 5.41) is 9.67. The lowest BCUT2D eigenvalue weighted by Crippen LogP contribution is -2.50. The summed E-state index contributed by atoms with van der Waals surface area (Å²) < 4.78 is 27.6. The van der Waals surface area contributed by atoms with Crippen LogP contribution in [0.25, 0.3) is 0 Å². The molecule has 0 aromatic heterocycles. The van der Waals surface area contributed by atoms with Crippen molar-refractivity contribution in [2.24, 2.45) is 0 Å². The van der Waals surface area contributed by atoms with E-state index in [0.29, 0.717) is 6.42 Å². The molecule has 5 heteroatoms. The molecule has 0 bridgehead atoms. The topological polar surface area (TPSA) is 66.4 Å². The highest BCUT2D eigenvalue weighted by Gasteiger charge is 2.30. The van der Waals surface area contributed by atoms with Gasteiger partial charge in [0.15, 0.2) is 0 Å². The number of aliphatic hydroxyl groups is 1. The fourth-order valence-electron chi connectivity index (χ4n) is 2.27. The lowest BCUT2D eigenvalue weighted by atomic mass is 9.95. The minimum Gasteiger partial charge on any atom is -0.394 e. The molecule has 2 aromatic carbocycles. The highest BCUT2D eigenvalue weighted by Crippen LogP contribution is 2.18. The molecule has 2 N–H and O–H groups in total. The van der Waals surface area contributed by atoms with Gasteiger partial charge in [-0.05, 0) is 38.0 Å². The van der Waals surface area contributed by atoms with Crippen LogP contribution in [0, 0.1) is 6.92 Å². The zero-order valence-electron chi connectivity index (χ0n) is 12.8. The minimum absolute atomic E-state index is 0.200. The lowest BCUT2D eigenvalue weighted by Gasteiger charge is -2.28. The Morgan fingerprint density at radius 3 is 2.18 bits per heavy atom. The second-order valence-electron chi connectivity index (χ2n) is 5.80. The van der Waals surface area contributed by atoms with Crippen LogP contribution in [0.5, 0.6) is 0 Å². The molecule has 0 aliphatic carbocycles. The van der Waals surface area contributed by atoms with E-state index in [0.717, 1.165) is 11.1 Å². The van der Waals surface area contributed by atoms with Crippen LogP contribution in [-0.2, 0) is 16.4 Å². The fraction of sp³-hybridized carbons (Fsp3) is 0.294. The average Bonchev–Trinajstić information content (AvgIpc) is 2.48. The van der Waals surface area contributed by atoms with Crippen LogP contribution < -0.4 is 4.72 Å². The summed E-state index contributed by atoms with van der Waals surface area (Å²) in [4.78, 5) is 0.200. The molecule has 4 nitrogen and oxygen atoms in total. The number of aliphatic hydroxyl groups excluding tert-OH is 1. The Labute approximate surface area is 131 Å². The van der Waals surface area contributed by atoms with Gasteiger partial charge in [0, 0.05) is 0 Å². The summed E-state index contributed by atoms with van der Waals surface area (Å²) in [6.45, 7) is 3.32. The van der Waals surface area contributed by atoms with E-state index in [-0.39, 0.29) is 11.5 Å². The monoisotopic (exact) mass is 319 g/mol. The van der Waals surface area contributed by atoms with Crippen molar-refractivity contribution in [1.82, 2.24) is 4.72 Å². The summed E-state index contributed by atoms with van der Waals surface area (Å²) in [6.07, 6.45) is 0.412. The molecule has 118 valence electrons. The molecule has 1 atom stereocenters. The average molecular weight is 319 g/mol. The smallest absolute Gasteiger partial charge is 0.241 e. The predicted octanol–water partition coefficient (Wildman–Crippen LogP) is 2.27. The van der Waals surface area contributed by atoms with Gasteiger partial charge in [-0.15, -0.1) is 0 Å². The summed E-state index contributed by atoms with van der Waals surface area (Å²) >= 11 is 0. The number of rotatable bonds is 6. The SMILES string of the molecule is Cc1ccc(S(=O)(=O)NC(C)(CO)Cc2ccccc2)cc1. The van der Waals surface area contributed by atoms with Gasteiger partial charge >= 0.3 is 0 Å². The maximum Gasteiger partial charge on any atom is 0.241 e. The number of aryl methyl sites for hydroxylation is 1. The van der Waals surface area contributed by atoms with Gasteiger partial charge in [0.05, 0.1) is 17.0 Å². The standard InChI is InChI=1S/C17H21NO3S/c1-14-8-10-16(11-9-14)22(20,21)18-17(2,13-19)12-15-6-4-3-5-7-15/h3-11,18-19H,12-13H2,1-2H3. The first-order chi connectivity index (χ1) is 10.3. The molecule has 0 saturated carbocycles. The van der Waals surface area contributed by atoms with Gasteiger partial charge in [0.1, 0.15) is 0 Å². The van der Waals surface area contributed by atoms with Gasteiger partial charge in [0.2, 0.25) is 10.0 Å². The Morgan fingerprint density at radius 2 is 1.64 bits per heavy atom. The largest absolute Gasteiger partial charge is 0.394 e. The number of benzene rings is 2. The van der Waals surface area contributed by atoms with Gasteiger partial charge in [-0.2, -0.15) is 0 Å². The highest BCUT2D eigenvalue weighted by atomic mass is 32.2. The van der Waals surface area contributed by atoms with E-state index in [9.17, 15) is 13.5 Å². The first-order valence-electron chi connectivity index (χ1n) is 7.10. The molecule has 0 aliphatic rings. The van der Waals surface area contributed by atoms with Crippen molar-refractivity contribution < 1.29 is 13.5 Å². The van der Waals surface area contributed by atoms with E-state index in [2.05, 4.69) is 4.72 Å². The molecule has 0 radical (unpaired) electrons. The van der Waals surface area contributed by atoms with Crippen molar-refractivity contribution in [3.8, 4) is 0 Å². The number of hydrogen-bond acceptors (Lipinski definition) is 3. The van der Waals surface area contributed by atoms with Gasteiger partial charge in [-0.25, -0.2) is 13.1 Å². The molecule has 0 aliphatic heterocycles. The molecular weight excluding hydrogens is 298 g/mol. The molecule has 1 unspecified atom stereocenters. The van der Waals surface area contributed by atoms with Gasteiger partial charge in [-0.3, -0.25) is 0 Å². The molecule has 0 spiro atoms. The van der Waals surface area contributed by atoms with Gasteiger partial charge in [0.25, 0.3) is 0 Å². The predicted molar refractivity (Wildman–Crippen MR) is 87.1 cm³/mol. The number of hydrogen-bond donors (Lipinski definition) is 2. The van der Waals surface area contributed by atoms with E-state index in [1.165, 1.54) is 0 Å². The fourth-order valence-corrected chi connectivity index (χ4v) is 3.67. The van der Waals surface area contributed by atoms with Crippen LogP contribution in [0.15, 0.2) is 59.5 Å². The Morgan fingerprint density at radius 1 is 1.05 bits per heavy atom. The normalized spacial score (nSPS) is 14.5. The third kappa shape index (κ3) is 4.16. The zero-order chi connectivity index (χ0) is 16.2. The van der Waals surface area contributed by atoms with E-state index in [1.54, 1.807) is 31.2 Å². The van der Waals surface area contributed by atoms with E-state index < -0.39 is 15.6 Å². The zero-order valence-corrected chi connectivity index (χ0v) is 13.6. The highest BCUT2D eigenvalue weighted by molar-refractivity contribution is 7.89. The Balaban J connectivity index is 2.22. The quantitative estimate of drug-likeness (QED) is 0.858. The van der Waals surface area contributed by atoms with E-state index in [1.807, 2.05) is 37.3 Å². The molecule has 0 heterocycles. The van der Waals surface area contributed by atoms with E-state index in [4.69, 9.17) is 0 Å². The molecule has 0 amide bonds. The van der Waals surface area contributed by atoms with Gasteiger partial charge < -0.3 is 5.11 Å². The van der Waals surface area contributed by atoms with Crippen molar-refractivity contribution in [2.45, 2.75) is 30.7 Å². The van der Waals surface area contributed by atoms with Crippen molar-refractivity contribution in [1.29, 1.82) is 0 Å². The Hall–Kier alpha value is -1.69. The van der Waals surface area contributed by atoms with Crippen LogP contribution in [-0.4, -0.2) is 25.7 Å². The van der Waals surface area contributed by atoms with Crippen LogP contribution in [0.3, 0.4) is 0 Å². The van der Waals surface area contributed by atoms with Crippen LogP contribution >= 0.6 is 0 Å². The van der Waals surface area contributed by atoms with Crippen LogP contribution in [0.2, 0.25) is 0 Å². The number of sulfonamides is 1. The van der Waals surface area contributed by atoms with Crippen molar-refractivity contribution in [2.75, 3.05) is 6.61 Å². The van der Waals surface area contributed by atoms with E-state index >= 15 is 0 Å². The van der Waals surface area contributed by atoms with Crippen molar-refractivity contribution in [3.05, 3.63) is 65.7 Å². The maximum atomic E-state index is 12.5. The molecule has 2 aromatic rings. The minimum atomic E-state index is -3.68. The van der Waals surface area contributed by atoms with Crippen LogP contribution in [0.4, 0.5) is 0 Å². The van der Waals surface area contributed by atoms with Gasteiger partial charge in [-0.1, -0.05) is 48.0 Å².